The van der Waals surface area contributed by atoms with Gasteiger partial charge in [0, 0.05) is 43.3 Å². The van der Waals surface area contributed by atoms with Crippen molar-refractivity contribution >= 4 is 27.5 Å². The summed E-state index contributed by atoms with van der Waals surface area (Å²) in [4.78, 5) is 33.0. The molecule has 0 radical (unpaired) electrons. The monoisotopic (exact) mass is 767 g/mol. The van der Waals surface area contributed by atoms with Gasteiger partial charge in [0.05, 0.1) is 30.3 Å². The van der Waals surface area contributed by atoms with E-state index in [1.165, 1.54) is 19.3 Å². The van der Waals surface area contributed by atoms with Crippen molar-refractivity contribution in [3.05, 3.63) is 72.6 Å². The van der Waals surface area contributed by atoms with Crippen molar-refractivity contribution in [1.82, 2.24) is 20.0 Å². The van der Waals surface area contributed by atoms with Crippen molar-refractivity contribution < 1.29 is 31.5 Å². The molecule has 1 saturated carbocycles. The van der Waals surface area contributed by atoms with Crippen molar-refractivity contribution in [1.29, 1.82) is 0 Å². The Morgan fingerprint density at radius 2 is 1.70 bits per heavy atom. The van der Waals surface area contributed by atoms with E-state index >= 15 is 4.39 Å². The Balaban J connectivity index is 1.00. The summed E-state index contributed by atoms with van der Waals surface area (Å²) in [6.45, 7) is 9.27. The summed E-state index contributed by atoms with van der Waals surface area (Å²) in [5.74, 6) is -0.170. The molecular formula is C41H55F2N5O5S. The molecule has 4 saturated heterocycles. The average molecular weight is 768 g/mol. The summed E-state index contributed by atoms with van der Waals surface area (Å²) in [7, 11) is -2.25. The van der Waals surface area contributed by atoms with Gasteiger partial charge in [-0.15, -0.1) is 0 Å². The minimum Gasteiger partial charge on any atom is -0.453 e. The highest BCUT2D eigenvalue weighted by Crippen LogP contribution is 2.51. The van der Waals surface area contributed by atoms with E-state index in [1.54, 1.807) is 35.2 Å². The zero-order valence-corrected chi connectivity index (χ0v) is 32.3. The van der Waals surface area contributed by atoms with Gasteiger partial charge in [-0.1, -0.05) is 25.1 Å². The number of carbonyl (C=O) groups excluding carboxylic acids is 2. The van der Waals surface area contributed by atoms with Crippen LogP contribution in [-0.4, -0.2) is 125 Å². The summed E-state index contributed by atoms with van der Waals surface area (Å²) in [6.07, 6.45) is 7.51. The molecule has 1 aliphatic carbocycles. The Morgan fingerprint density at radius 1 is 0.963 bits per heavy atom. The third-order valence-corrected chi connectivity index (χ3v) is 15.3. The summed E-state index contributed by atoms with van der Waals surface area (Å²) in [5.41, 5.74) is 0.0104. The molecule has 2 aromatic carbocycles. The van der Waals surface area contributed by atoms with Crippen LogP contribution in [0.25, 0.3) is 0 Å². The number of halogens is 2. The van der Waals surface area contributed by atoms with Gasteiger partial charge in [0.2, 0.25) is 5.91 Å². The highest BCUT2D eigenvalue weighted by atomic mass is 32.2. The first-order chi connectivity index (χ1) is 25.9. The Morgan fingerprint density at radius 3 is 2.35 bits per heavy atom. The van der Waals surface area contributed by atoms with Gasteiger partial charge in [-0.25, -0.2) is 22.0 Å². The lowest BCUT2D eigenvalue weighted by molar-refractivity contribution is -0.126. The van der Waals surface area contributed by atoms with Crippen molar-refractivity contribution in [2.75, 3.05) is 77.5 Å². The molecule has 294 valence electrons. The first kappa shape index (κ1) is 38.7. The number of piperidine rings is 2. The summed E-state index contributed by atoms with van der Waals surface area (Å²) in [6, 6.07) is 13.7. The van der Waals surface area contributed by atoms with Gasteiger partial charge in [0.15, 0.2) is 15.5 Å². The van der Waals surface area contributed by atoms with E-state index in [9.17, 15) is 22.4 Å². The van der Waals surface area contributed by atoms with Crippen LogP contribution >= 0.6 is 0 Å². The third kappa shape index (κ3) is 7.77. The number of sulfone groups is 1. The van der Waals surface area contributed by atoms with Gasteiger partial charge in [-0.2, -0.15) is 0 Å². The Kier molecular flexibility index (Phi) is 11.4. The van der Waals surface area contributed by atoms with Crippen LogP contribution in [0, 0.1) is 17.7 Å². The van der Waals surface area contributed by atoms with E-state index < -0.39 is 26.8 Å². The number of amides is 2. The molecule has 2 aromatic rings. The van der Waals surface area contributed by atoms with Crippen molar-refractivity contribution in [3.8, 4) is 0 Å². The fourth-order valence-electron chi connectivity index (χ4n) is 10.2. The molecule has 13 heteroatoms. The van der Waals surface area contributed by atoms with Crippen LogP contribution in [0.1, 0.15) is 56.9 Å². The van der Waals surface area contributed by atoms with Gasteiger partial charge in [0.25, 0.3) is 0 Å². The summed E-state index contributed by atoms with van der Waals surface area (Å²) < 4.78 is 63.2. The quantitative estimate of drug-likeness (QED) is 0.295. The first-order valence-corrected chi connectivity index (χ1v) is 21.2. The second kappa shape index (κ2) is 15.9. The predicted octanol–water partition coefficient (Wildman–Crippen LogP) is 5.19. The topological polar surface area (TPSA) is 103 Å². The molecule has 4 heterocycles. The number of nitrogens with zero attached hydrogens (tertiary/aromatic N) is 4. The van der Waals surface area contributed by atoms with E-state index in [-0.39, 0.29) is 59.5 Å². The summed E-state index contributed by atoms with van der Waals surface area (Å²) >= 11 is 0. The fourth-order valence-corrected chi connectivity index (χ4v) is 12.0. The lowest BCUT2D eigenvalue weighted by atomic mass is 9.57. The Hall–Kier alpha value is -3.55. The van der Waals surface area contributed by atoms with Crippen LogP contribution in [0.5, 0.6) is 0 Å². The maximum absolute atomic E-state index is 16.3. The van der Waals surface area contributed by atoms with Crippen LogP contribution in [0.4, 0.5) is 19.3 Å². The van der Waals surface area contributed by atoms with Crippen LogP contribution in [0.2, 0.25) is 0 Å². The normalized spacial score (nSPS) is 26.3. The third-order valence-electron chi connectivity index (χ3n) is 13.1. The number of hydrogen-bond donors (Lipinski definition) is 1. The first-order valence-electron chi connectivity index (χ1n) is 19.7. The molecule has 7 rings (SSSR count). The molecule has 0 aromatic heterocycles. The number of rotatable bonds is 12. The Bertz CT molecular complexity index is 1780. The van der Waals surface area contributed by atoms with Crippen LogP contribution in [0.15, 0.2) is 66.1 Å². The minimum atomic E-state index is -3.64. The zero-order valence-electron chi connectivity index (χ0n) is 31.4. The largest absolute Gasteiger partial charge is 0.453 e. The maximum Gasteiger partial charge on any atom is 0.407 e. The van der Waals surface area contributed by atoms with E-state index in [0.29, 0.717) is 25.9 Å². The number of ether oxygens (including phenoxy) is 1. The van der Waals surface area contributed by atoms with Crippen molar-refractivity contribution in [2.45, 2.75) is 78.6 Å². The van der Waals surface area contributed by atoms with Crippen LogP contribution < -0.4 is 10.2 Å². The molecule has 10 nitrogen and oxygen atoms in total. The number of methoxy groups -OCH3 is 1. The molecule has 5 fully saturated rings. The van der Waals surface area contributed by atoms with E-state index in [2.05, 4.69) is 27.8 Å². The predicted molar refractivity (Wildman–Crippen MR) is 204 cm³/mol. The SMILES string of the molecule is C=CC(=O)N1CCCC(S(=O)(=O)c2ccc(N3CC(F)(CN4CCC([C@@](CN5CCC5)(c5cccc(F)c5)[C@H]5CCC[C@@H]5NC(=O)OC)CC4)C3)cc2)C1. The molecule has 1 N–H and O–H groups in total. The van der Waals surface area contributed by atoms with E-state index in [1.807, 2.05) is 11.0 Å². The molecule has 4 aliphatic heterocycles. The standard InChI is InChI=1S/C41H55F2N5O5S/c1-3-38(49)47-21-6-10-35(25-47)54(51,52)34-15-13-33(14-16-34)48-27-40(43,28-48)26-46-22-17-30(18-23-46)41(29-45-19-7-20-45,31-8-4-9-32(42)24-31)36-11-5-12-37(36)44-39(50)53-2/h3-4,8-9,13-16,24,30,35-37H,1,5-7,10-12,17-23,25-29H2,2H3,(H,44,50)/t35?,36-,37-,41-/m0/s1. The lowest BCUT2D eigenvalue weighted by Gasteiger charge is -2.54. The number of carbonyl (C=O) groups is 2. The maximum atomic E-state index is 16.3. The highest BCUT2D eigenvalue weighted by molar-refractivity contribution is 7.92. The lowest BCUT2D eigenvalue weighted by Crippen LogP contribution is -2.65. The molecule has 54 heavy (non-hydrogen) atoms. The molecule has 5 aliphatic rings. The molecule has 4 atom stereocenters. The number of anilines is 1. The number of alkyl carbamates (subject to hydrolysis) is 1. The highest BCUT2D eigenvalue weighted by Gasteiger charge is 2.54. The second-order valence-electron chi connectivity index (χ2n) is 16.3. The molecular weight excluding hydrogens is 713 g/mol. The molecule has 0 spiro atoms. The minimum absolute atomic E-state index is 0.0742. The van der Waals surface area contributed by atoms with Crippen LogP contribution in [-0.2, 0) is 24.8 Å². The zero-order chi connectivity index (χ0) is 38.1. The van der Waals surface area contributed by atoms with E-state index in [4.69, 9.17) is 4.74 Å². The average Bonchev–Trinajstić information content (AvgIpc) is 3.62. The summed E-state index contributed by atoms with van der Waals surface area (Å²) in [5, 5.41) is 2.47. The Labute approximate surface area is 318 Å². The van der Waals surface area contributed by atoms with Gasteiger partial charge in [0.1, 0.15) is 5.82 Å². The van der Waals surface area contributed by atoms with Gasteiger partial charge in [-0.05, 0) is 131 Å². The number of alkyl halides is 1. The smallest absolute Gasteiger partial charge is 0.407 e. The molecule has 2 amide bonds. The van der Waals surface area contributed by atoms with Gasteiger partial charge in [-0.3, -0.25) is 9.69 Å². The van der Waals surface area contributed by atoms with Gasteiger partial charge >= 0.3 is 6.09 Å². The van der Waals surface area contributed by atoms with Crippen molar-refractivity contribution in [2.24, 2.45) is 11.8 Å². The van der Waals surface area contributed by atoms with E-state index in [0.717, 1.165) is 82.5 Å². The van der Waals surface area contributed by atoms with Crippen molar-refractivity contribution in [3.63, 3.8) is 0 Å². The number of likely N-dealkylation sites (tertiary alicyclic amines) is 3. The molecule has 1 unspecified atom stereocenters. The molecule has 0 bridgehead atoms. The fraction of sp³-hybridized carbons (Fsp3) is 0.610. The van der Waals surface area contributed by atoms with Gasteiger partial charge < -0.3 is 24.8 Å². The number of benzene rings is 2. The van der Waals surface area contributed by atoms with Crippen LogP contribution in [0.3, 0.4) is 0 Å². The number of hydrogen-bond acceptors (Lipinski definition) is 8. The second-order valence-corrected chi connectivity index (χ2v) is 18.5. The number of nitrogens with one attached hydrogen (secondary N) is 1.